The van der Waals surface area contributed by atoms with Gasteiger partial charge in [0.1, 0.15) is 5.92 Å². The van der Waals surface area contributed by atoms with Gasteiger partial charge in [-0.1, -0.05) is 0 Å². The number of aromatic amines is 1. The first-order valence-electron chi connectivity index (χ1n) is 5.77. The number of likely N-dealkylation sites (N-methyl/N-ethyl adjacent to an activating group) is 1. The Labute approximate surface area is 108 Å². The van der Waals surface area contributed by atoms with Crippen molar-refractivity contribution in [3.8, 4) is 0 Å². The third-order valence-corrected chi connectivity index (χ3v) is 3.21. The lowest BCUT2D eigenvalue weighted by atomic mass is 10.0. The minimum Gasteiger partial charge on any atom is -0.481 e. The summed E-state index contributed by atoms with van der Waals surface area (Å²) >= 11 is 0. The average molecular weight is 266 g/mol. The monoisotopic (exact) mass is 266 g/mol. The number of carboxylic acid groups (broad SMARTS) is 1. The molecule has 2 rings (SSSR count). The number of aliphatic carboxylic acids is 1. The molecule has 1 fully saturated rings. The predicted molar refractivity (Wildman–Crippen MR) is 64.9 cm³/mol. The molecule has 7 nitrogen and oxygen atoms in total. The van der Waals surface area contributed by atoms with Gasteiger partial charge in [-0.2, -0.15) is 0 Å². The number of hydrogen-bond donors (Lipinski definition) is 2. The fraction of sp³-hybridized carbons (Fsp3) is 0.417. The highest BCUT2D eigenvalue weighted by Crippen LogP contribution is 2.20. The van der Waals surface area contributed by atoms with Gasteiger partial charge in [-0.25, -0.2) is 0 Å². The molecule has 1 amide bonds. The van der Waals surface area contributed by atoms with Crippen LogP contribution in [0.25, 0.3) is 0 Å². The van der Waals surface area contributed by atoms with Crippen LogP contribution in [-0.4, -0.2) is 53.2 Å². The zero-order valence-electron chi connectivity index (χ0n) is 10.3. The topological polar surface area (TPSA) is 99.7 Å². The fourth-order valence-corrected chi connectivity index (χ4v) is 2.09. The maximum absolute atomic E-state index is 12.2. The molecule has 2 N–H and O–H groups in total. The number of nitrogens with zero attached hydrogens (tertiary/aromatic N) is 1. The molecule has 1 saturated heterocycles. The maximum atomic E-state index is 12.2. The molecule has 7 heteroatoms. The summed E-state index contributed by atoms with van der Waals surface area (Å²) in [5, 5.41) is 9.06. The number of ether oxygens (including phenoxy) is 1. The number of H-pyrrole nitrogens is 1. The zero-order chi connectivity index (χ0) is 14.0. The molecule has 1 aromatic heterocycles. The number of carbonyl (C=O) groups is 2. The van der Waals surface area contributed by atoms with E-state index in [9.17, 15) is 14.4 Å². The molecule has 0 aromatic carbocycles. The molecular formula is C12H14N2O5. The number of pyridine rings is 1. The second kappa shape index (κ2) is 5.23. The van der Waals surface area contributed by atoms with Crippen LogP contribution >= 0.6 is 0 Å². The lowest BCUT2D eigenvalue weighted by molar-refractivity contribution is -0.142. The van der Waals surface area contributed by atoms with Crippen LogP contribution in [-0.2, 0) is 9.53 Å². The van der Waals surface area contributed by atoms with Crippen LogP contribution < -0.4 is 5.56 Å². The molecular weight excluding hydrogens is 252 g/mol. The quantitative estimate of drug-likeness (QED) is 0.771. The Morgan fingerprint density at radius 1 is 1.47 bits per heavy atom. The molecule has 1 aliphatic rings. The number of carbonyl (C=O) groups excluding carboxylic acids is 1. The summed E-state index contributed by atoms with van der Waals surface area (Å²) in [6, 6.07) is 2.14. The van der Waals surface area contributed by atoms with Crippen molar-refractivity contribution in [1.82, 2.24) is 9.88 Å². The van der Waals surface area contributed by atoms with Gasteiger partial charge >= 0.3 is 5.97 Å². The van der Waals surface area contributed by atoms with Gasteiger partial charge in [-0.15, -0.1) is 0 Å². The van der Waals surface area contributed by atoms with Gasteiger partial charge in [0, 0.05) is 24.9 Å². The standard InChI is InChI=1S/C12H14N2O5/c1-14(9-6-19-5-8(9)12(17)18)11(16)7-2-3-13-10(15)4-7/h2-4,8-9H,5-6H2,1H3,(H,13,15)(H,17,18). The molecule has 0 spiro atoms. The van der Waals surface area contributed by atoms with Crippen LogP contribution in [0.15, 0.2) is 23.1 Å². The van der Waals surface area contributed by atoms with Crippen LogP contribution in [0.5, 0.6) is 0 Å². The smallest absolute Gasteiger partial charge is 0.311 e. The first-order chi connectivity index (χ1) is 9.00. The third-order valence-electron chi connectivity index (χ3n) is 3.21. The number of rotatable bonds is 3. The molecule has 0 aliphatic carbocycles. The van der Waals surface area contributed by atoms with E-state index in [2.05, 4.69) is 4.98 Å². The van der Waals surface area contributed by atoms with Gasteiger partial charge in [0.25, 0.3) is 5.91 Å². The Bertz CT molecular complexity index is 553. The van der Waals surface area contributed by atoms with Crippen molar-refractivity contribution in [1.29, 1.82) is 0 Å². The maximum Gasteiger partial charge on any atom is 0.311 e. The largest absolute Gasteiger partial charge is 0.481 e. The van der Waals surface area contributed by atoms with E-state index >= 15 is 0 Å². The zero-order valence-corrected chi connectivity index (χ0v) is 10.3. The molecule has 0 saturated carbocycles. The van der Waals surface area contributed by atoms with E-state index in [1.807, 2.05) is 0 Å². The van der Waals surface area contributed by atoms with Crippen LogP contribution in [0.2, 0.25) is 0 Å². The molecule has 2 heterocycles. The highest BCUT2D eigenvalue weighted by molar-refractivity contribution is 5.94. The number of hydrogen-bond acceptors (Lipinski definition) is 4. The Hall–Kier alpha value is -2.15. The molecule has 19 heavy (non-hydrogen) atoms. The van der Waals surface area contributed by atoms with E-state index in [4.69, 9.17) is 9.84 Å². The molecule has 102 valence electrons. The summed E-state index contributed by atoms with van der Waals surface area (Å²) in [5.41, 5.74) is -0.154. The predicted octanol–water partition coefficient (Wildman–Crippen LogP) is -0.453. The summed E-state index contributed by atoms with van der Waals surface area (Å²) in [6.07, 6.45) is 1.38. The Balaban J connectivity index is 2.19. The highest BCUT2D eigenvalue weighted by Gasteiger charge is 2.38. The van der Waals surface area contributed by atoms with Crippen molar-refractivity contribution in [2.75, 3.05) is 20.3 Å². The molecule has 1 aliphatic heterocycles. The minimum atomic E-state index is -0.993. The summed E-state index contributed by atoms with van der Waals surface area (Å²) in [6.45, 7) is 0.273. The van der Waals surface area contributed by atoms with Gasteiger partial charge in [0.2, 0.25) is 5.56 Å². The SMILES string of the molecule is CN(C(=O)c1cc[nH]c(=O)c1)C1COCC1C(=O)O. The van der Waals surface area contributed by atoms with Crippen molar-refractivity contribution in [3.05, 3.63) is 34.2 Å². The Morgan fingerprint density at radius 2 is 2.21 bits per heavy atom. The second-order valence-electron chi connectivity index (χ2n) is 4.41. The van der Waals surface area contributed by atoms with E-state index in [1.165, 1.54) is 30.3 Å². The van der Waals surface area contributed by atoms with Crippen molar-refractivity contribution in [3.63, 3.8) is 0 Å². The molecule has 2 unspecified atom stereocenters. The fourth-order valence-electron chi connectivity index (χ4n) is 2.09. The lowest BCUT2D eigenvalue weighted by Gasteiger charge is -2.26. The van der Waals surface area contributed by atoms with Gasteiger partial charge in [0.15, 0.2) is 0 Å². The van der Waals surface area contributed by atoms with Crippen molar-refractivity contribution >= 4 is 11.9 Å². The molecule has 1 aromatic rings. The minimum absolute atomic E-state index is 0.0903. The number of nitrogens with one attached hydrogen (secondary N) is 1. The van der Waals surface area contributed by atoms with E-state index < -0.39 is 23.8 Å². The second-order valence-corrected chi connectivity index (χ2v) is 4.41. The first kappa shape index (κ1) is 13.3. The van der Waals surface area contributed by atoms with Gasteiger partial charge in [-0.3, -0.25) is 14.4 Å². The van der Waals surface area contributed by atoms with Gasteiger partial charge in [-0.05, 0) is 6.07 Å². The Morgan fingerprint density at radius 3 is 2.84 bits per heavy atom. The van der Waals surface area contributed by atoms with Crippen molar-refractivity contribution in [2.45, 2.75) is 6.04 Å². The van der Waals surface area contributed by atoms with Gasteiger partial charge in [0.05, 0.1) is 19.3 Å². The number of amides is 1. The van der Waals surface area contributed by atoms with Crippen LogP contribution in [0.4, 0.5) is 0 Å². The molecule has 0 bridgehead atoms. The summed E-state index contributed by atoms with van der Waals surface area (Å²) in [5.74, 6) is -2.13. The highest BCUT2D eigenvalue weighted by atomic mass is 16.5. The normalized spacial score (nSPS) is 22.2. The first-order valence-corrected chi connectivity index (χ1v) is 5.77. The molecule has 2 atom stereocenters. The number of aromatic nitrogens is 1. The van der Waals surface area contributed by atoms with Crippen molar-refractivity contribution < 1.29 is 19.4 Å². The molecule has 0 radical (unpaired) electrons. The van der Waals surface area contributed by atoms with E-state index in [0.29, 0.717) is 0 Å². The summed E-state index contributed by atoms with van der Waals surface area (Å²) < 4.78 is 5.12. The third kappa shape index (κ3) is 2.65. The van der Waals surface area contributed by atoms with E-state index in [-0.39, 0.29) is 24.3 Å². The van der Waals surface area contributed by atoms with Crippen LogP contribution in [0.3, 0.4) is 0 Å². The summed E-state index contributed by atoms with van der Waals surface area (Å²) in [4.78, 5) is 38.1. The van der Waals surface area contributed by atoms with E-state index in [0.717, 1.165) is 0 Å². The Kier molecular flexibility index (Phi) is 3.66. The van der Waals surface area contributed by atoms with Crippen LogP contribution in [0.1, 0.15) is 10.4 Å². The van der Waals surface area contributed by atoms with Crippen LogP contribution in [0, 0.1) is 5.92 Å². The lowest BCUT2D eigenvalue weighted by Crippen LogP contribution is -2.44. The van der Waals surface area contributed by atoms with E-state index in [1.54, 1.807) is 0 Å². The average Bonchev–Trinajstić information content (AvgIpc) is 2.86. The van der Waals surface area contributed by atoms with Crippen molar-refractivity contribution in [2.24, 2.45) is 5.92 Å². The van der Waals surface area contributed by atoms with Gasteiger partial charge < -0.3 is 19.7 Å². The number of carboxylic acids is 1. The summed E-state index contributed by atoms with van der Waals surface area (Å²) in [7, 11) is 1.51.